The summed E-state index contributed by atoms with van der Waals surface area (Å²) in [5.74, 6) is 1.76. The van der Waals surface area contributed by atoms with E-state index in [-0.39, 0.29) is 23.9 Å². The third-order valence-corrected chi connectivity index (χ3v) is 14.2. The van der Waals surface area contributed by atoms with E-state index in [0.717, 1.165) is 101 Å². The lowest BCUT2D eigenvalue weighted by molar-refractivity contribution is -0.126. The van der Waals surface area contributed by atoms with Crippen molar-refractivity contribution in [1.29, 1.82) is 0 Å². The lowest BCUT2D eigenvalue weighted by Gasteiger charge is -2.38. The topological polar surface area (TPSA) is 183 Å². The van der Waals surface area contributed by atoms with E-state index in [1.165, 1.54) is 6.08 Å². The van der Waals surface area contributed by atoms with Gasteiger partial charge in [-0.15, -0.1) is 11.3 Å². The van der Waals surface area contributed by atoms with Gasteiger partial charge in [0.05, 0.1) is 93.9 Å². The maximum absolute atomic E-state index is 12.4. The molecule has 2 amide bonds. The fourth-order valence-corrected chi connectivity index (χ4v) is 10.3. The van der Waals surface area contributed by atoms with Crippen LogP contribution in [0.2, 0.25) is 0 Å². The van der Waals surface area contributed by atoms with Crippen molar-refractivity contribution in [3.05, 3.63) is 95.3 Å². The van der Waals surface area contributed by atoms with E-state index in [9.17, 15) is 14.7 Å². The number of thiazole rings is 1. The number of piperazine rings is 1. The molecule has 0 unspecified atom stereocenters. The van der Waals surface area contributed by atoms with Gasteiger partial charge in [0.2, 0.25) is 12.3 Å². The largest absolute Gasteiger partial charge is 0.508 e. The highest BCUT2D eigenvalue weighted by molar-refractivity contribution is 7.13. The van der Waals surface area contributed by atoms with Crippen LogP contribution < -0.4 is 24.6 Å². The zero-order valence-electron chi connectivity index (χ0n) is 42.2. The lowest BCUT2D eigenvalue weighted by Crippen LogP contribution is -2.49. The number of nitrogens with one attached hydrogen (secondary N) is 1. The number of amides is 2. The summed E-state index contributed by atoms with van der Waals surface area (Å²) in [5, 5.41) is 15.4. The van der Waals surface area contributed by atoms with E-state index in [2.05, 4.69) is 44.6 Å². The zero-order valence-corrected chi connectivity index (χ0v) is 43.0. The Balaban J connectivity index is 0.686. The molecule has 2 aromatic heterocycles. The number of hydrogen-bond acceptors (Lipinski definition) is 17. The lowest BCUT2D eigenvalue weighted by atomic mass is 10.0. The fourth-order valence-electron chi connectivity index (χ4n) is 9.50. The van der Waals surface area contributed by atoms with Crippen LogP contribution >= 0.6 is 11.3 Å². The van der Waals surface area contributed by atoms with Crippen molar-refractivity contribution < 1.29 is 47.9 Å². The highest BCUT2D eigenvalue weighted by Crippen LogP contribution is 2.37. The summed E-state index contributed by atoms with van der Waals surface area (Å²) in [7, 11) is 0. The number of carbonyl (C=O) groups is 2. The molecule has 8 rings (SSSR count). The van der Waals surface area contributed by atoms with Gasteiger partial charge in [-0.2, -0.15) is 9.97 Å². The Labute approximate surface area is 432 Å². The summed E-state index contributed by atoms with van der Waals surface area (Å²) < 4.78 is 41.5. The maximum atomic E-state index is 12.4. The normalized spacial score (nSPS) is 15.8. The van der Waals surface area contributed by atoms with Gasteiger partial charge in [-0.05, 0) is 62.3 Å². The van der Waals surface area contributed by atoms with Crippen LogP contribution in [0, 0.1) is 6.92 Å². The van der Waals surface area contributed by atoms with Gasteiger partial charge in [0.25, 0.3) is 0 Å². The molecule has 2 saturated heterocycles. The highest BCUT2D eigenvalue weighted by atomic mass is 32.1. The van der Waals surface area contributed by atoms with Gasteiger partial charge in [0.1, 0.15) is 30.0 Å². The molecule has 3 aromatic carbocycles. The minimum absolute atomic E-state index is 0.0551. The second kappa shape index (κ2) is 27.4. The summed E-state index contributed by atoms with van der Waals surface area (Å²) in [6, 6.07) is 18.1. The average Bonchev–Trinajstić information content (AvgIpc) is 3.85. The summed E-state index contributed by atoms with van der Waals surface area (Å²) in [5.41, 5.74) is 7.70. The van der Waals surface area contributed by atoms with Crippen LogP contribution in [-0.4, -0.2) is 173 Å². The molecule has 19 heteroatoms. The van der Waals surface area contributed by atoms with E-state index in [1.54, 1.807) is 17.4 Å². The smallest absolute Gasteiger partial charge is 0.318 e. The first-order valence-corrected chi connectivity index (χ1v) is 26.3. The van der Waals surface area contributed by atoms with Crippen LogP contribution in [0.15, 0.2) is 72.8 Å². The monoisotopic (exact) mass is 1020 g/mol. The molecular formula is C54H70N8O10S. The van der Waals surface area contributed by atoms with E-state index >= 15 is 0 Å². The molecule has 0 bridgehead atoms. The van der Waals surface area contributed by atoms with Crippen LogP contribution in [0.1, 0.15) is 42.3 Å². The molecule has 0 radical (unpaired) electrons. The Kier molecular flexibility index (Phi) is 20.0. The Hall–Kier alpha value is -5.93. The quantitative estimate of drug-likeness (QED) is 0.0348. The van der Waals surface area contributed by atoms with Crippen molar-refractivity contribution in [2.45, 2.75) is 58.4 Å². The van der Waals surface area contributed by atoms with Crippen LogP contribution in [-0.2, 0) is 52.8 Å². The predicted octanol–water partition coefficient (Wildman–Crippen LogP) is 5.80. The molecular weight excluding hydrogens is 953 g/mol. The first kappa shape index (κ1) is 53.4. The number of piperidine rings is 1. The maximum Gasteiger partial charge on any atom is 0.318 e. The molecule has 5 heterocycles. The molecule has 0 aliphatic carbocycles. The van der Waals surface area contributed by atoms with Crippen molar-refractivity contribution >= 4 is 45.9 Å². The van der Waals surface area contributed by atoms with Crippen LogP contribution in [0.4, 0.5) is 11.5 Å². The number of aromatic nitrogens is 3. The number of rotatable bonds is 28. The van der Waals surface area contributed by atoms with E-state index in [4.69, 9.17) is 43.1 Å². The van der Waals surface area contributed by atoms with Crippen molar-refractivity contribution in [1.82, 2.24) is 30.1 Å². The Bertz CT molecular complexity index is 2570. The van der Waals surface area contributed by atoms with Gasteiger partial charge in [-0.3, -0.25) is 14.5 Å². The number of hydrogen-bond donors (Lipinski definition) is 2. The molecule has 0 saturated carbocycles. The van der Waals surface area contributed by atoms with Gasteiger partial charge in [0, 0.05) is 87.2 Å². The first-order valence-electron chi connectivity index (χ1n) is 25.4. The van der Waals surface area contributed by atoms with E-state index in [1.807, 2.05) is 59.8 Å². The second-order valence-electron chi connectivity index (χ2n) is 18.3. The molecule has 73 heavy (non-hydrogen) atoms. The molecule has 3 aliphatic rings. The van der Waals surface area contributed by atoms with Crippen molar-refractivity contribution in [3.63, 3.8) is 0 Å². The standard InChI is InChI=1S/C54H70N8O10S/c1-4-51(65)60-17-19-61(20-18-60)53-47-13-16-62(49-33-44(64)31-41-7-5-6-8-46(41)49)36-48(47)57-54(58-53)72-39(2)35-59-14-11-45(12-15-59)70-29-27-68-25-23-66-21-22-67-24-26-69-28-30-71-50-32-42(52-40(3)56-38-73-52)9-10-43(50)34-55-37-63/h4-10,31-33,37-39,45,64H,1,11-30,34-36H2,2-3H3,(H,55,63)/t39-/m1/s1. The van der Waals surface area contributed by atoms with Crippen LogP contribution in [0.3, 0.4) is 0 Å². The van der Waals surface area contributed by atoms with Crippen molar-refractivity contribution in [3.8, 4) is 28.0 Å². The van der Waals surface area contributed by atoms with E-state index in [0.29, 0.717) is 124 Å². The van der Waals surface area contributed by atoms with Gasteiger partial charge in [-0.25, -0.2) is 4.98 Å². The molecule has 0 spiro atoms. The highest BCUT2D eigenvalue weighted by Gasteiger charge is 2.30. The number of ether oxygens (including phenoxy) is 7. The molecule has 392 valence electrons. The number of phenolic OH excluding ortho intramolecular Hbond substituents is 1. The predicted molar refractivity (Wildman–Crippen MR) is 281 cm³/mol. The number of anilines is 2. The zero-order chi connectivity index (χ0) is 50.8. The van der Waals surface area contributed by atoms with Crippen molar-refractivity contribution in [2.75, 3.05) is 128 Å². The third kappa shape index (κ3) is 15.1. The number of carbonyl (C=O) groups excluding carboxylic acids is 2. The molecule has 2 fully saturated rings. The first-order chi connectivity index (χ1) is 35.8. The van der Waals surface area contributed by atoms with E-state index < -0.39 is 0 Å². The SMILES string of the molecule is C=CC(=O)N1CCN(c2nc(O[C@H](C)CN3CCC(OCCOCCOCCOCCOCCOc4cc(-c5scnc5C)ccc4CNC=O)CC3)nc3c2CCN(c2cc(O)cc4ccccc24)C3)CC1. The van der Waals surface area contributed by atoms with Crippen LogP contribution in [0.5, 0.6) is 17.5 Å². The minimum atomic E-state index is -0.156. The summed E-state index contributed by atoms with van der Waals surface area (Å²) >= 11 is 1.58. The van der Waals surface area contributed by atoms with Gasteiger partial charge >= 0.3 is 6.01 Å². The van der Waals surface area contributed by atoms with Gasteiger partial charge < -0.3 is 58.3 Å². The molecule has 5 aromatic rings. The summed E-state index contributed by atoms with van der Waals surface area (Å²) in [6.07, 6.45) is 4.68. The number of aromatic hydroxyl groups is 1. The van der Waals surface area contributed by atoms with Crippen molar-refractivity contribution in [2.24, 2.45) is 0 Å². The molecule has 18 nitrogen and oxygen atoms in total. The number of fused-ring (bicyclic) bond motifs is 2. The minimum Gasteiger partial charge on any atom is -0.508 e. The Morgan fingerprint density at radius 3 is 2.27 bits per heavy atom. The molecule has 2 N–H and O–H groups in total. The Morgan fingerprint density at radius 2 is 1.58 bits per heavy atom. The van der Waals surface area contributed by atoms with Crippen LogP contribution in [0.25, 0.3) is 21.2 Å². The number of phenols is 1. The second-order valence-corrected chi connectivity index (χ2v) is 19.2. The molecule has 1 atom stereocenters. The van der Waals surface area contributed by atoms with Gasteiger partial charge in [0.15, 0.2) is 0 Å². The summed E-state index contributed by atoms with van der Waals surface area (Å²) in [6.45, 7) is 19.0. The number of likely N-dealkylation sites (tertiary alicyclic amines) is 1. The number of nitrogens with zero attached hydrogens (tertiary/aromatic N) is 7. The average molecular weight is 1020 g/mol. The fraction of sp³-hybridized carbons (Fsp3) is 0.500. The molecule has 3 aliphatic heterocycles. The third-order valence-electron chi connectivity index (χ3n) is 13.2. The number of aryl methyl sites for hydroxylation is 1. The van der Waals surface area contributed by atoms with Gasteiger partial charge in [-0.1, -0.05) is 43.0 Å². The summed E-state index contributed by atoms with van der Waals surface area (Å²) in [4.78, 5) is 47.6. The Morgan fingerprint density at radius 1 is 0.863 bits per heavy atom. The number of benzene rings is 3.